The first-order valence-electron chi connectivity index (χ1n) is 12.1. The van der Waals surface area contributed by atoms with Crippen molar-refractivity contribution in [3.63, 3.8) is 0 Å². The Hall–Kier alpha value is -1.78. The van der Waals surface area contributed by atoms with Crippen LogP contribution in [-0.2, 0) is 13.0 Å². The number of piperidine rings is 1. The number of hydrogen-bond acceptors (Lipinski definition) is 2. The zero-order chi connectivity index (χ0) is 21.8. The van der Waals surface area contributed by atoms with Crippen LogP contribution in [0.3, 0.4) is 0 Å². The van der Waals surface area contributed by atoms with Gasteiger partial charge in [0, 0.05) is 41.6 Å². The van der Waals surface area contributed by atoms with Gasteiger partial charge < -0.3 is 4.57 Å². The number of aryl methyl sites for hydroxylation is 1. The van der Waals surface area contributed by atoms with E-state index in [9.17, 15) is 4.79 Å². The Morgan fingerprint density at radius 3 is 2.48 bits per heavy atom. The Bertz CT molecular complexity index is 908. The van der Waals surface area contributed by atoms with Crippen LogP contribution in [0.4, 0.5) is 0 Å². The molecule has 0 radical (unpaired) electrons. The Kier molecular flexibility index (Phi) is 7.39. The van der Waals surface area contributed by atoms with Gasteiger partial charge in [-0.3, -0.25) is 10.2 Å². The van der Waals surface area contributed by atoms with E-state index in [4.69, 9.17) is 11.6 Å². The summed E-state index contributed by atoms with van der Waals surface area (Å²) >= 11 is 6.41. The van der Waals surface area contributed by atoms with Crippen LogP contribution in [-0.4, -0.2) is 28.6 Å². The zero-order valence-electron chi connectivity index (χ0n) is 19.1. The Labute approximate surface area is 191 Å². The molecule has 0 unspecified atom stereocenters. The molecule has 1 amide bonds. The van der Waals surface area contributed by atoms with Crippen molar-refractivity contribution in [3.05, 3.63) is 46.1 Å². The second-order valence-corrected chi connectivity index (χ2v) is 9.72. The van der Waals surface area contributed by atoms with Crippen LogP contribution in [0.1, 0.15) is 79.9 Å². The molecule has 1 aromatic carbocycles. The maximum absolute atomic E-state index is 13.3. The van der Waals surface area contributed by atoms with Crippen molar-refractivity contribution in [3.8, 4) is 11.3 Å². The van der Waals surface area contributed by atoms with E-state index in [1.165, 1.54) is 44.1 Å². The molecule has 1 saturated heterocycles. The van der Waals surface area contributed by atoms with Crippen molar-refractivity contribution in [1.82, 2.24) is 15.0 Å². The molecule has 1 saturated carbocycles. The predicted molar refractivity (Wildman–Crippen MR) is 128 cm³/mol. The Balaban J connectivity index is 1.70. The number of amides is 1. The molecule has 5 heteroatoms. The predicted octanol–water partition coefficient (Wildman–Crippen LogP) is 6.39. The summed E-state index contributed by atoms with van der Waals surface area (Å²) in [4.78, 5) is 13.3. The summed E-state index contributed by atoms with van der Waals surface area (Å²) in [5.41, 5.74) is 8.59. The SMILES string of the molecule is CCc1ccc(Cl)cc1-c1cc(C(=O)NN2CCCCC2)c(C)n1CC1CCCCC1. The van der Waals surface area contributed by atoms with Gasteiger partial charge in [-0.25, -0.2) is 5.01 Å². The first kappa shape index (κ1) is 22.4. The van der Waals surface area contributed by atoms with Crippen LogP contribution in [0.5, 0.6) is 0 Å². The minimum atomic E-state index is 0.0168. The number of benzene rings is 1. The van der Waals surface area contributed by atoms with Gasteiger partial charge in [0.1, 0.15) is 0 Å². The van der Waals surface area contributed by atoms with Crippen molar-refractivity contribution in [2.75, 3.05) is 13.1 Å². The lowest BCUT2D eigenvalue weighted by Crippen LogP contribution is -2.45. The van der Waals surface area contributed by atoms with E-state index in [-0.39, 0.29) is 5.91 Å². The number of halogens is 1. The second-order valence-electron chi connectivity index (χ2n) is 9.29. The fourth-order valence-electron chi connectivity index (χ4n) is 5.27. The number of nitrogens with zero attached hydrogens (tertiary/aromatic N) is 2. The average molecular weight is 442 g/mol. The maximum Gasteiger partial charge on any atom is 0.267 e. The summed E-state index contributed by atoms with van der Waals surface area (Å²) in [5.74, 6) is 0.698. The van der Waals surface area contributed by atoms with Crippen molar-refractivity contribution < 1.29 is 4.79 Å². The molecule has 1 N–H and O–H groups in total. The number of nitrogens with one attached hydrogen (secondary N) is 1. The number of carbonyl (C=O) groups excluding carboxylic acids is 1. The molecule has 0 bridgehead atoms. The number of hydrazine groups is 1. The van der Waals surface area contributed by atoms with Gasteiger partial charge in [0.2, 0.25) is 0 Å². The average Bonchev–Trinajstić information content (AvgIpc) is 3.11. The van der Waals surface area contributed by atoms with Crippen LogP contribution < -0.4 is 5.43 Å². The maximum atomic E-state index is 13.3. The zero-order valence-corrected chi connectivity index (χ0v) is 19.8. The number of aromatic nitrogens is 1. The fraction of sp³-hybridized carbons (Fsp3) is 0.577. The van der Waals surface area contributed by atoms with Gasteiger partial charge in [-0.05, 0) is 68.7 Å². The number of carbonyl (C=O) groups is 1. The number of hydrogen-bond donors (Lipinski definition) is 1. The van der Waals surface area contributed by atoms with E-state index in [0.717, 1.165) is 66.4 Å². The third-order valence-electron chi connectivity index (χ3n) is 7.12. The highest BCUT2D eigenvalue weighted by molar-refractivity contribution is 6.30. The topological polar surface area (TPSA) is 37.3 Å². The van der Waals surface area contributed by atoms with Gasteiger partial charge in [0.25, 0.3) is 5.91 Å². The van der Waals surface area contributed by atoms with Crippen LogP contribution in [0.15, 0.2) is 24.3 Å². The van der Waals surface area contributed by atoms with E-state index < -0.39 is 0 Å². The molecule has 0 atom stereocenters. The smallest absolute Gasteiger partial charge is 0.267 e. The molecular formula is C26H36ClN3O. The Morgan fingerprint density at radius 1 is 1.06 bits per heavy atom. The van der Waals surface area contributed by atoms with Gasteiger partial charge in [0.05, 0.1) is 5.56 Å². The molecule has 1 aliphatic heterocycles. The van der Waals surface area contributed by atoms with Gasteiger partial charge >= 0.3 is 0 Å². The normalized spacial score (nSPS) is 18.3. The van der Waals surface area contributed by atoms with Crippen molar-refractivity contribution in [1.29, 1.82) is 0 Å². The standard InChI is InChI=1S/C26H36ClN3O/c1-3-21-12-13-22(27)16-24(21)25-17-23(26(31)28-29-14-8-5-9-15-29)19(2)30(25)18-20-10-6-4-7-11-20/h12-13,16-17,20H,3-11,14-15,18H2,1-2H3,(H,28,31). The monoisotopic (exact) mass is 441 g/mol. The largest absolute Gasteiger partial charge is 0.344 e. The molecule has 4 rings (SSSR count). The highest BCUT2D eigenvalue weighted by atomic mass is 35.5. The molecular weight excluding hydrogens is 406 g/mol. The van der Waals surface area contributed by atoms with Crippen molar-refractivity contribution >= 4 is 17.5 Å². The lowest BCUT2D eigenvalue weighted by atomic mass is 9.89. The molecule has 168 valence electrons. The van der Waals surface area contributed by atoms with Gasteiger partial charge in [0.15, 0.2) is 0 Å². The summed E-state index contributed by atoms with van der Waals surface area (Å²) in [5, 5.41) is 2.83. The van der Waals surface area contributed by atoms with Crippen LogP contribution in [0.25, 0.3) is 11.3 Å². The third kappa shape index (κ3) is 5.18. The van der Waals surface area contributed by atoms with Crippen LogP contribution in [0.2, 0.25) is 5.02 Å². The van der Waals surface area contributed by atoms with Crippen molar-refractivity contribution in [2.45, 2.75) is 78.2 Å². The summed E-state index contributed by atoms with van der Waals surface area (Å²) in [7, 11) is 0. The van der Waals surface area contributed by atoms with E-state index >= 15 is 0 Å². The quantitative estimate of drug-likeness (QED) is 0.563. The molecule has 1 aliphatic carbocycles. The van der Waals surface area contributed by atoms with E-state index in [1.807, 2.05) is 6.07 Å². The van der Waals surface area contributed by atoms with E-state index in [1.54, 1.807) is 0 Å². The number of rotatable bonds is 6. The molecule has 2 fully saturated rings. The van der Waals surface area contributed by atoms with Crippen LogP contribution in [0, 0.1) is 12.8 Å². The Morgan fingerprint density at radius 2 is 1.77 bits per heavy atom. The summed E-state index contributed by atoms with van der Waals surface area (Å²) < 4.78 is 2.39. The lowest BCUT2D eigenvalue weighted by Gasteiger charge is -2.27. The summed E-state index contributed by atoms with van der Waals surface area (Å²) in [6.07, 6.45) is 11.0. The van der Waals surface area contributed by atoms with E-state index in [0.29, 0.717) is 5.92 Å². The molecule has 31 heavy (non-hydrogen) atoms. The molecule has 1 aromatic heterocycles. The molecule has 4 nitrogen and oxygen atoms in total. The minimum Gasteiger partial charge on any atom is -0.344 e. The van der Waals surface area contributed by atoms with Crippen molar-refractivity contribution in [2.24, 2.45) is 5.92 Å². The van der Waals surface area contributed by atoms with Gasteiger partial charge in [-0.15, -0.1) is 0 Å². The second kappa shape index (κ2) is 10.2. The first-order valence-corrected chi connectivity index (χ1v) is 12.5. The van der Waals surface area contributed by atoms with Gasteiger partial charge in [-0.2, -0.15) is 0 Å². The highest BCUT2D eigenvalue weighted by Crippen LogP contribution is 2.34. The lowest BCUT2D eigenvalue weighted by molar-refractivity contribution is 0.0749. The summed E-state index contributed by atoms with van der Waals surface area (Å²) in [6, 6.07) is 8.26. The van der Waals surface area contributed by atoms with E-state index in [2.05, 4.69) is 47.0 Å². The van der Waals surface area contributed by atoms with Crippen LogP contribution >= 0.6 is 11.6 Å². The van der Waals surface area contributed by atoms with Gasteiger partial charge in [-0.1, -0.05) is 50.3 Å². The highest BCUT2D eigenvalue weighted by Gasteiger charge is 2.24. The minimum absolute atomic E-state index is 0.0168. The fourth-order valence-corrected chi connectivity index (χ4v) is 5.44. The third-order valence-corrected chi connectivity index (χ3v) is 7.36. The molecule has 2 heterocycles. The summed E-state index contributed by atoms with van der Waals surface area (Å²) in [6.45, 7) is 7.14. The molecule has 2 aliphatic rings. The first-order chi connectivity index (χ1) is 15.1. The molecule has 0 spiro atoms. The molecule has 2 aromatic rings.